The molecule has 0 aliphatic carbocycles. The molecule has 1 aliphatic heterocycles. The molecule has 1 aromatic rings. The van der Waals surface area contributed by atoms with Gasteiger partial charge in [0.05, 0.1) is 12.8 Å². The van der Waals surface area contributed by atoms with Crippen LogP contribution in [0.25, 0.3) is 5.70 Å². The monoisotopic (exact) mass is 215 g/mol. The molecule has 1 aliphatic rings. The van der Waals surface area contributed by atoms with E-state index in [4.69, 9.17) is 4.74 Å². The van der Waals surface area contributed by atoms with Crippen LogP contribution >= 0.6 is 0 Å². The van der Waals surface area contributed by atoms with Gasteiger partial charge < -0.3 is 4.74 Å². The molecule has 0 aromatic heterocycles. The highest BCUT2D eigenvalue weighted by Gasteiger charge is 2.14. The largest absolute Gasteiger partial charge is 0.496 e. The standard InChI is InChI=1S/C13H13NO2/c1-9-7-10(15)8-12(14-9)11-5-3-4-6-13(11)16-2/h3-6,8H,7H2,1-2H3. The summed E-state index contributed by atoms with van der Waals surface area (Å²) in [7, 11) is 1.61. The Morgan fingerprint density at radius 3 is 2.75 bits per heavy atom. The minimum Gasteiger partial charge on any atom is -0.496 e. The summed E-state index contributed by atoms with van der Waals surface area (Å²) in [4.78, 5) is 15.8. The molecule has 82 valence electrons. The van der Waals surface area contributed by atoms with Gasteiger partial charge in [-0.3, -0.25) is 9.79 Å². The lowest BCUT2D eigenvalue weighted by Crippen LogP contribution is -2.08. The van der Waals surface area contributed by atoms with Crippen molar-refractivity contribution in [1.29, 1.82) is 0 Å². The summed E-state index contributed by atoms with van der Waals surface area (Å²) in [6, 6.07) is 7.56. The lowest BCUT2D eigenvalue weighted by atomic mass is 10.0. The molecule has 0 bridgehead atoms. The Morgan fingerprint density at radius 1 is 1.31 bits per heavy atom. The molecule has 0 saturated carbocycles. The fraction of sp³-hybridized carbons (Fsp3) is 0.231. The molecule has 3 nitrogen and oxygen atoms in total. The SMILES string of the molecule is COc1ccccc1C1=CC(=O)CC(C)=N1. The summed E-state index contributed by atoms with van der Waals surface area (Å²) in [6.45, 7) is 1.86. The van der Waals surface area contributed by atoms with E-state index in [1.807, 2.05) is 31.2 Å². The third kappa shape index (κ3) is 2.03. The lowest BCUT2D eigenvalue weighted by molar-refractivity contribution is -0.113. The van der Waals surface area contributed by atoms with E-state index in [1.54, 1.807) is 13.2 Å². The summed E-state index contributed by atoms with van der Waals surface area (Å²) >= 11 is 0. The number of ether oxygens (including phenoxy) is 1. The van der Waals surface area contributed by atoms with Crippen LogP contribution in [0.4, 0.5) is 0 Å². The topological polar surface area (TPSA) is 38.7 Å². The van der Waals surface area contributed by atoms with Gasteiger partial charge in [0.25, 0.3) is 0 Å². The number of hydrogen-bond acceptors (Lipinski definition) is 3. The van der Waals surface area contributed by atoms with Gasteiger partial charge in [-0.1, -0.05) is 12.1 Å². The van der Waals surface area contributed by atoms with Crippen molar-refractivity contribution in [1.82, 2.24) is 0 Å². The normalized spacial score (nSPS) is 15.5. The van der Waals surface area contributed by atoms with Crippen molar-refractivity contribution in [3.8, 4) is 5.75 Å². The molecule has 2 rings (SSSR count). The molecule has 1 aromatic carbocycles. The third-order valence-electron chi connectivity index (χ3n) is 2.42. The number of aliphatic imine (C=N–C) groups is 1. The van der Waals surface area contributed by atoms with Crippen LogP contribution in [-0.4, -0.2) is 18.6 Å². The van der Waals surface area contributed by atoms with Crippen LogP contribution < -0.4 is 4.74 Å². The Morgan fingerprint density at radius 2 is 2.06 bits per heavy atom. The number of carbonyl (C=O) groups is 1. The molecule has 0 spiro atoms. The van der Waals surface area contributed by atoms with Gasteiger partial charge >= 0.3 is 0 Å². The van der Waals surface area contributed by atoms with Gasteiger partial charge in [-0.2, -0.15) is 0 Å². The minimum absolute atomic E-state index is 0.0911. The van der Waals surface area contributed by atoms with Crippen LogP contribution in [0.3, 0.4) is 0 Å². The van der Waals surface area contributed by atoms with E-state index >= 15 is 0 Å². The molecule has 0 unspecified atom stereocenters. The second-order valence-corrected chi connectivity index (χ2v) is 3.72. The highest BCUT2D eigenvalue weighted by Crippen LogP contribution is 2.28. The fourth-order valence-electron chi connectivity index (χ4n) is 1.73. The molecule has 0 radical (unpaired) electrons. The van der Waals surface area contributed by atoms with Crippen molar-refractivity contribution in [2.45, 2.75) is 13.3 Å². The van der Waals surface area contributed by atoms with E-state index in [1.165, 1.54) is 0 Å². The van der Waals surface area contributed by atoms with E-state index in [0.717, 1.165) is 17.0 Å². The van der Waals surface area contributed by atoms with E-state index in [-0.39, 0.29) is 5.78 Å². The van der Waals surface area contributed by atoms with Crippen LogP contribution in [0.1, 0.15) is 18.9 Å². The van der Waals surface area contributed by atoms with Gasteiger partial charge in [0.2, 0.25) is 0 Å². The summed E-state index contributed by atoms with van der Waals surface area (Å²) in [5.74, 6) is 0.827. The van der Waals surface area contributed by atoms with Gasteiger partial charge in [0.15, 0.2) is 5.78 Å². The molecule has 0 N–H and O–H groups in total. The zero-order chi connectivity index (χ0) is 11.5. The number of carbonyl (C=O) groups excluding carboxylic acids is 1. The number of methoxy groups -OCH3 is 1. The van der Waals surface area contributed by atoms with Crippen molar-refractivity contribution < 1.29 is 9.53 Å². The number of nitrogens with zero attached hydrogens (tertiary/aromatic N) is 1. The smallest absolute Gasteiger partial charge is 0.163 e. The van der Waals surface area contributed by atoms with Crippen molar-refractivity contribution >= 4 is 17.2 Å². The Kier molecular flexibility index (Phi) is 2.86. The number of benzene rings is 1. The second-order valence-electron chi connectivity index (χ2n) is 3.72. The molecule has 1 heterocycles. The predicted molar refractivity (Wildman–Crippen MR) is 63.7 cm³/mol. The van der Waals surface area contributed by atoms with Crippen LogP contribution in [0.15, 0.2) is 35.3 Å². The number of allylic oxidation sites excluding steroid dienone is 1. The maximum atomic E-state index is 11.5. The molecule has 0 saturated heterocycles. The van der Waals surface area contributed by atoms with Gasteiger partial charge in [-0.05, 0) is 19.1 Å². The molecular weight excluding hydrogens is 202 g/mol. The second kappa shape index (κ2) is 4.31. The molecule has 3 heteroatoms. The van der Waals surface area contributed by atoms with E-state index in [2.05, 4.69) is 4.99 Å². The Balaban J connectivity index is 2.48. The van der Waals surface area contributed by atoms with Crippen LogP contribution in [0.2, 0.25) is 0 Å². The fourth-order valence-corrected chi connectivity index (χ4v) is 1.73. The zero-order valence-corrected chi connectivity index (χ0v) is 9.36. The van der Waals surface area contributed by atoms with Crippen molar-refractivity contribution in [2.75, 3.05) is 7.11 Å². The van der Waals surface area contributed by atoms with E-state index in [0.29, 0.717) is 12.1 Å². The van der Waals surface area contributed by atoms with Crippen LogP contribution in [0, 0.1) is 0 Å². The number of hydrogen-bond donors (Lipinski definition) is 0. The maximum absolute atomic E-state index is 11.5. The average molecular weight is 215 g/mol. The summed E-state index contributed by atoms with van der Waals surface area (Å²) in [5.41, 5.74) is 2.39. The van der Waals surface area contributed by atoms with Gasteiger partial charge in [0, 0.05) is 23.8 Å². The predicted octanol–water partition coefficient (Wildman–Crippen LogP) is 2.47. The highest BCUT2D eigenvalue weighted by atomic mass is 16.5. The zero-order valence-electron chi connectivity index (χ0n) is 9.36. The molecule has 0 amide bonds. The molecule has 0 fully saturated rings. The summed E-state index contributed by atoms with van der Waals surface area (Å²) < 4.78 is 5.25. The maximum Gasteiger partial charge on any atom is 0.163 e. The van der Waals surface area contributed by atoms with Crippen molar-refractivity contribution in [3.05, 3.63) is 35.9 Å². The number of rotatable bonds is 2. The Bertz CT molecular complexity index is 486. The Hall–Kier alpha value is -1.90. The van der Waals surface area contributed by atoms with Gasteiger partial charge in [-0.15, -0.1) is 0 Å². The quantitative estimate of drug-likeness (QED) is 0.760. The lowest BCUT2D eigenvalue weighted by Gasteiger charge is -2.12. The van der Waals surface area contributed by atoms with Gasteiger partial charge in [0.1, 0.15) is 5.75 Å². The molecular formula is C13H13NO2. The molecule has 16 heavy (non-hydrogen) atoms. The molecule has 0 atom stereocenters. The number of para-hydroxylation sites is 1. The van der Waals surface area contributed by atoms with Crippen LogP contribution in [-0.2, 0) is 4.79 Å². The van der Waals surface area contributed by atoms with Gasteiger partial charge in [-0.25, -0.2) is 0 Å². The average Bonchev–Trinajstić information content (AvgIpc) is 2.27. The summed E-state index contributed by atoms with van der Waals surface area (Å²) in [5, 5.41) is 0. The first kappa shape index (κ1) is 10.6. The minimum atomic E-state index is 0.0911. The third-order valence-corrected chi connectivity index (χ3v) is 2.42. The number of ketones is 1. The first-order valence-electron chi connectivity index (χ1n) is 5.13. The first-order valence-corrected chi connectivity index (χ1v) is 5.13. The summed E-state index contributed by atoms with van der Waals surface area (Å²) in [6.07, 6.45) is 1.99. The van der Waals surface area contributed by atoms with E-state index in [9.17, 15) is 4.79 Å². The first-order chi connectivity index (χ1) is 7.70. The van der Waals surface area contributed by atoms with Crippen LogP contribution in [0.5, 0.6) is 5.75 Å². The van der Waals surface area contributed by atoms with Crippen molar-refractivity contribution in [3.63, 3.8) is 0 Å². The van der Waals surface area contributed by atoms with E-state index < -0.39 is 0 Å². The van der Waals surface area contributed by atoms with Crippen molar-refractivity contribution in [2.24, 2.45) is 4.99 Å². The Labute approximate surface area is 94.5 Å². The highest BCUT2D eigenvalue weighted by molar-refractivity contribution is 6.13.